The van der Waals surface area contributed by atoms with E-state index in [-0.39, 0.29) is 18.3 Å². The molecule has 0 saturated heterocycles. The SMILES string of the molecule is CNCCC(=O)N(CC(C)C)C(C)C.Cl. The Balaban J connectivity index is 0. The molecule has 15 heavy (non-hydrogen) atoms. The lowest BCUT2D eigenvalue weighted by molar-refractivity contribution is -0.133. The first-order chi connectivity index (χ1) is 6.49. The minimum Gasteiger partial charge on any atom is -0.340 e. The van der Waals surface area contributed by atoms with Gasteiger partial charge >= 0.3 is 0 Å². The van der Waals surface area contributed by atoms with Crippen molar-refractivity contribution in [2.24, 2.45) is 5.92 Å². The average Bonchev–Trinajstić information content (AvgIpc) is 2.09. The molecule has 0 rings (SSSR count). The summed E-state index contributed by atoms with van der Waals surface area (Å²) in [5.41, 5.74) is 0. The van der Waals surface area contributed by atoms with Crippen LogP contribution in [-0.2, 0) is 4.79 Å². The molecule has 1 amide bonds. The highest BCUT2D eigenvalue weighted by Gasteiger charge is 2.16. The third kappa shape index (κ3) is 7.63. The maximum Gasteiger partial charge on any atom is 0.224 e. The van der Waals surface area contributed by atoms with Gasteiger partial charge in [-0.3, -0.25) is 4.79 Å². The lowest BCUT2D eigenvalue weighted by Crippen LogP contribution is -2.40. The van der Waals surface area contributed by atoms with Gasteiger partial charge in [0, 0.05) is 25.6 Å². The molecule has 1 N–H and O–H groups in total. The number of nitrogens with zero attached hydrogens (tertiary/aromatic N) is 1. The summed E-state index contributed by atoms with van der Waals surface area (Å²) in [6.07, 6.45) is 0.599. The zero-order valence-corrected chi connectivity index (χ0v) is 11.4. The van der Waals surface area contributed by atoms with E-state index in [4.69, 9.17) is 0 Å². The van der Waals surface area contributed by atoms with Gasteiger partial charge in [-0.1, -0.05) is 13.8 Å². The summed E-state index contributed by atoms with van der Waals surface area (Å²) in [4.78, 5) is 13.7. The maximum absolute atomic E-state index is 11.8. The Morgan fingerprint density at radius 3 is 2.13 bits per heavy atom. The summed E-state index contributed by atoms with van der Waals surface area (Å²) in [5.74, 6) is 0.791. The third-order valence-corrected chi connectivity index (χ3v) is 2.09. The van der Waals surface area contributed by atoms with Gasteiger partial charge in [-0.15, -0.1) is 12.4 Å². The summed E-state index contributed by atoms with van der Waals surface area (Å²) in [7, 11) is 1.87. The topological polar surface area (TPSA) is 32.3 Å². The quantitative estimate of drug-likeness (QED) is 0.764. The van der Waals surface area contributed by atoms with E-state index in [9.17, 15) is 4.79 Å². The fourth-order valence-electron chi connectivity index (χ4n) is 1.37. The molecule has 0 aliphatic carbocycles. The second-order valence-corrected chi connectivity index (χ2v) is 4.39. The van der Waals surface area contributed by atoms with Crippen LogP contribution in [0.3, 0.4) is 0 Å². The van der Waals surface area contributed by atoms with Crippen LogP contribution in [0.1, 0.15) is 34.1 Å². The first-order valence-electron chi connectivity index (χ1n) is 5.43. The van der Waals surface area contributed by atoms with Crippen LogP contribution in [0.5, 0.6) is 0 Å². The normalized spacial score (nSPS) is 10.3. The zero-order valence-electron chi connectivity index (χ0n) is 10.5. The Labute approximate surface area is 100 Å². The Hall–Kier alpha value is -0.280. The van der Waals surface area contributed by atoms with E-state index in [1.165, 1.54) is 0 Å². The van der Waals surface area contributed by atoms with E-state index >= 15 is 0 Å². The molecular formula is C11H25ClN2O. The van der Waals surface area contributed by atoms with E-state index in [1.54, 1.807) is 0 Å². The van der Waals surface area contributed by atoms with Crippen LogP contribution >= 0.6 is 12.4 Å². The second-order valence-electron chi connectivity index (χ2n) is 4.39. The molecule has 3 nitrogen and oxygen atoms in total. The molecule has 0 aromatic rings. The predicted octanol–water partition coefficient (Wildman–Crippen LogP) is 1.91. The summed E-state index contributed by atoms with van der Waals surface area (Å²) < 4.78 is 0. The molecule has 0 fully saturated rings. The predicted molar refractivity (Wildman–Crippen MR) is 67.5 cm³/mol. The van der Waals surface area contributed by atoms with Crippen molar-refractivity contribution in [3.05, 3.63) is 0 Å². The molecule has 0 unspecified atom stereocenters. The molecule has 0 spiro atoms. The Bertz CT molecular complexity index is 172. The van der Waals surface area contributed by atoms with Crippen molar-refractivity contribution in [1.29, 1.82) is 0 Å². The van der Waals surface area contributed by atoms with Crippen LogP contribution in [0.25, 0.3) is 0 Å². The van der Waals surface area contributed by atoms with Crippen molar-refractivity contribution in [2.45, 2.75) is 40.2 Å². The number of hydrogen-bond acceptors (Lipinski definition) is 2. The number of carbonyl (C=O) groups is 1. The van der Waals surface area contributed by atoms with Crippen LogP contribution in [0, 0.1) is 5.92 Å². The largest absolute Gasteiger partial charge is 0.340 e. The van der Waals surface area contributed by atoms with Crippen LogP contribution < -0.4 is 5.32 Å². The second kappa shape index (κ2) is 8.98. The average molecular weight is 237 g/mol. The van der Waals surface area contributed by atoms with E-state index in [0.29, 0.717) is 18.4 Å². The lowest BCUT2D eigenvalue weighted by atomic mass is 10.1. The van der Waals surface area contributed by atoms with Crippen LogP contribution in [0.4, 0.5) is 0 Å². The van der Waals surface area contributed by atoms with Crippen molar-refractivity contribution < 1.29 is 4.79 Å². The van der Waals surface area contributed by atoms with Crippen molar-refractivity contribution >= 4 is 18.3 Å². The molecule has 0 aromatic carbocycles. The molecular weight excluding hydrogens is 212 g/mol. The molecule has 92 valence electrons. The number of halogens is 1. The minimum absolute atomic E-state index is 0. The molecule has 0 aliphatic rings. The lowest BCUT2D eigenvalue weighted by Gasteiger charge is -2.28. The zero-order chi connectivity index (χ0) is 11.1. The maximum atomic E-state index is 11.8. The first-order valence-corrected chi connectivity index (χ1v) is 5.43. The van der Waals surface area contributed by atoms with Crippen molar-refractivity contribution in [1.82, 2.24) is 10.2 Å². The van der Waals surface area contributed by atoms with Crippen molar-refractivity contribution in [3.8, 4) is 0 Å². The summed E-state index contributed by atoms with van der Waals surface area (Å²) in [5, 5.41) is 3.00. The number of amides is 1. The molecule has 0 aliphatic heterocycles. The number of carbonyl (C=O) groups excluding carboxylic acids is 1. The van der Waals surface area contributed by atoms with Gasteiger partial charge in [0.2, 0.25) is 5.91 Å². The molecule has 0 radical (unpaired) electrons. The number of nitrogens with one attached hydrogen (secondary N) is 1. The molecule has 0 atom stereocenters. The molecule has 0 heterocycles. The fourth-order valence-corrected chi connectivity index (χ4v) is 1.37. The monoisotopic (exact) mass is 236 g/mol. The van der Waals surface area contributed by atoms with Gasteiger partial charge < -0.3 is 10.2 Å². The van der Waals surface area contributed by atoms with E-state index in [0.717, 1.165) is 13.1 Å². The van der Waals surface area contributed by atoms with Gasteiger partial charge in [-0.2, -0.15) is 0 Å². The summed E-state index contributed by atoms with van der Waals surface area (Å²) in [6.45, 7) is 10.0. The van der Waals surface area contributed by atoms with Gasteiger partial charge in [0.25, 0.3) is 0 Å². The third-order valence-electron chi connectivity index (χ3n) is 2.09. The van der Waals surface area contributed by atoms with Gasteiger partial charge in [-0.25, -0.2) is 0 Å². The molecule has 0 aromatic heterocycles. The Morgan fingerprint density at radius 2 is 1.80 bits per heavy atom. The van der Waals surface area contributed by atoms with Gasteiger partial charge in [0.1, 0.15) is 0 Å². The highest BCUT2D eigenvalue weighted by Crippen LogP contribution is 2.06. The molecule has 4 heteroatoms. The number of hydrogen-bond donors (Lipinski definition) is 1. The van der Waals surface area contributed by atoms with Gasteiger partial charge in [0.05, 0.1) is 0 Å². The van der Waals surface area contributed by atoms with Crippen molar-refractivity contribution in [3.63, 3.8) is 0 Å². The number of rotatable bonds is 6. The summed E-state index contributed by atoms with van der Waals surface area (Å²) in [6, 6.07) is 0.307. The highest BCUT2D eigenvalue weighted by molar-refractivity contribution is 5.85. The van der Waals surface area contributed by atoms with Gasteiger partial charge in [-0.05, 0) is 26.8 Å². The summed E-state index contributed by atoms with van der Waals surface area (Å²) >= 11 is 0. The molecule has 0 saturated carbocycles. The minimum atomic E-state index is 0. The highest BCUT2D eigenvalue weighted by atomic mass is 35.5. The fraction of sp³-hybridized carbons (Fsp3) is 0.909. The van der Waals surface area contributed by atoms with Crippen LogP contribution in [0.15, 0.2) is 0 Å². The first kappa shape index (κ1) is 17.1. The van der Waals surface area contributed by atoms with E-state index in [2.05, 4.69) is 33.0 Å². The molecule has 0 bridgehead atoms. The van der Waals surface area contributed by atoms with E-state index < -0.39 is 0 Å². The Morgan fingerprint density at radius 1 is 1.27 bits per heavy atom. The van der Waals surface area contributed by atoms with Crippen LogP contribution in [0.2, 0.25) is 0 Å². The van der Waals surface area contributed by atoms with Crippen LogP contribution in [-0.4, -0.2) is 37.0 Å². The van der Waals surface area contributed by atoms with E-state index in [1.807, 2.05) is 11.9 Å². The Kier molecular flexibility index (Phi) is 10.3. The standard InChI is InChI=1S/C11H24N2O.ClH/c1-9(2)8-13(10(3)4)11(14)6-7-12-5;/h9-10,12H,6-8H2,1-5H3;1H. The van der Waals surface area contributed by atoms with Gasteiger partial charge in [0.15, 0.2) is 0 Å². The smallest absolute Gasteiger partial charge is 0.224 e. The van der Waals surface area contributed by atoms with Crippen molar-refractivity contribution in [2.75, 3.05) is 20.1 Å².